The summed E-state index contributed by atoms with van der Waals surface area (Å²) in [7, 11) is 1.04. The van der Waals surface area contributed by atoms with Crippen molar-refractivity contribution in [2.45, 2.75) is 203 Å². The van der Waals surface area contributed by atoms with E-state index in [0.29, 0.717) is 12.0 Å². The Bertz CT molecular complexity index is 1910. The maximum Gasteiger partial charge on any atom is 0.328 e. The molecule has 392 valence electrons. The number of benzene rings is 1. The summed E-state index contributed by atoms with van der Waals surface area (Å²) in [5.74, 6) is -3.08. The van der Waals surface area contributed by atoms with Gasteiger partial charge in [-0.05, 0) is 113 Å². The molecular formula is C48H84N4O15S. The molecule has 0 bridgehead atoms. The molecule has 3 fully saturated rings. The highest BCUT2D eigenvalue weighted by molar-refractivity contribution is 7.90. The van der Waals surface area contributed by atoms with Crippen LogP contribution in [0.3, 0.4) is 0 Å². The minimum Gasteiger partial charge on any atom is -0.459 e. The van der Waals surface area contributed by atoms with Crippen LogP contribution in [0.15, 0.2) is 29.2 Å². The lowest BCUT2D eigenvalue weighted by atomic mass is 9.77. The first-order valence-corrected chi connectivity index (χ1v) is 25.6. The van der Waals surface area contributed by atoms with E-state index < -0.39 is 112 Å². The van der Waals surface area contributed by atoms with E-state index >= 15 is 0 Å². The van der Waals surface area contributed by atoms with Gasteiger partial charge in [0.2, 0.25) is 0 Å². The Balaban J connectivity index is 1.73. The number of hydrogen-bond donors (Lipinski definition) is 7. The molecule has 0 radical (unpaired) electrons. The summed E-state index contributed by atoms with van der Waals surface area (Å²) in [6.45, 7) is 19.3. The molecule has 0 unspecified atom stereocenters. The number of carbonyl (C=O) groups is 2. The molecule has 4 rings (SSSR count). The molecule has 3 heterocycles. The molecule has 1 aromatic carbocycles. The number of carbonyl (C=O) groups excluding carboxylic acids is 2. The number of esters is 1. The zero-order valence-corrected chi connectivity index (χ0v) is 43.6. The number of amides is 2. The standard InChI is InChI=1S/C48H84N4O15S/c1-15-36-48(11,59)40(54)32(7)52(22-18-21-49-45(57)50-68(60,61)35-20-17-16-19-28(35)3)26-27(2)24-46(9,58)42(67-44-38(53)34(51(12)13)23-29(4)63-44)30(5)39(31(6)43(56)65-36)66-37-25-47(10,62-14)41(55)33(8)64-37/h16-17,19-20,27,29-34,36-42,44,53-55,58-59H,15,18,21-26H2,1-14H3,(H2,49,50,57)/t27-,29-,30+,31-,32-,33+,34+,36-,37+,38-,39+,40-,41+,42-,44+,46-,47-,48-/m1/s1. The van der Waals surface area contributed by atoms with Crippen LogP contribution in [-0.2, 0) is 43.2 Å². The summed E-state index contributed by atoms with van der Waals surface area (Å²) in [5, 5.41) is 62.4. The minimum atomic E-state index is -4.15. The van der Waals surface area contributed by atoms with Gasteiger partial charge in [-0.1, -0.05) is 39.0 Å². The molecule has 3 aliphatic heterocycles. The second kappa shape index (κ2) is 23.8. The molecular weight excluding hydrogens is 905 g/mol. The molecule has 7 N–H and O–H groups in total. The van der Waals surface area contributed by atoms with Gasteiger partial charge >= 0.3 is 12.0 Å². The lowest BCUT2D eigenvalue weighted by Crippen LogP contribution is -2.60. The van der Waals surface area contributed by atoms with Crippen molar-refractivity contribution in [2.75, 3.05) is 40.8 Å². The molecule has 0 aliphatic carbocycles. The zero-order valence-electron chi connectivity index (χ0n) is 42.7. The third-order valence-electron chi connectivity index (χ3n) is 14.6. The maximum absolute atomic E-state index is 14.5. The number of sulfonamides is 1. The predicted molar refractivity (Wildman–Crippen MR) is 253 cm³/mol. The quantitative estimate of drug-likeness (QED) is 0.111. The number of methoxy groups -OCH3 is 1. The van der Waals surface area contributed by atoms with Gasteiger partial charge in [0.15, 0.2) is 12.6 Å². The fourth-order valence-electron chi connectivity index (χ4n) is 10.5. The van der Waals surface area contributed by atoms with Gasteiger partial charge in [0.1, 0.15) is 30.0 Å². The van der Waals surface area contributed by atoms with Gasteiger partial charge in [-0.3, -0.25) is 9.69 Å². The Labute approximate surface area is 404 Å². The fraction of sp³-hybridized carbons (Fsp3) is 0.833. The lowest BCUT2D eigenvalue weighted by Gasteiger charge is -2.48. The summed E-state index contributed by atoms with van der Waals surface area (Å²) in [6.07, 6.45) is -9.31. The van der Waals surface area contributed by atoms with E-state index in [0.717, 1.165) is 0 Å². The summed E-state index contributed by atoms with van der Waals surface area (Å²) >= 11 is 0. The topological polar surface area (TPSA) is 255 Å². The van der Waals surface area contributed by atoms with Crippen LogP contribution < -0.4 is 10.0 Å². The summed E-state index contributed by atoms with van der Waals surface area (Å²) in [6, 6.07) is 4.25. The number of likely N-dealkylation sites (N-methyl/N-ethyl adjacent to an activating group) is 1. The fourth-order valence-corrected chi connectivity index (χ4v) is 11.6. The van der Waals surface area contributed by atoms with Crippen LogP contribution in [-0.4, -0.2) is 187 Å². The van der Waals surface area contributed by atoms with E-state index in [1.165, 1.54) is 20.1 Å². The predicted octanol–water partition coefficient (Wildman–Crippen LogP) is 2.66. The molecule has 1 aromatic rings. The van der Waals surface area contributed by atoms with Gasteiger partial charge in [-0.15, -0.1) is 0 Å². The molecule has 3 saturated heterocycles. The van der Waals surface area contributed by atoms with Crippen molar-refractivity contribution in [1.29, 1.82) is 0 Å². The number of aliphatic hydroxyl groups is 5. The van der Waals surface area contributed by atoms with Crippen LogP contribution in [0.25, 0.3) is 0 Å². The van der Waals surface area contributed by atoms with Gasteiger partial charge in [0, 0.05) is 51.2 Å². The summed E-state index contributed by atoms with van der Waals surface area (Å²) in [4.78, 5) is 31.2. The highest BCUT2D eigenvalue weighted by Crippen LogP contribution is 2.40. The largest absolute Gasteiger partial charge is 0.459 e. The Morgan fingerprint density at radius 3 is 2.22 bits per heavy atom. The Morgan fingerprint density at radius 2 is 1.62 bits per heavy atom. The molecule has 2 amide bonds. The summed E-state index contributed by atoms with van der Waals surface area (Å²) < 4.78 is 65.9. The summed E-state index contributed by atoms with van der Waals surface area (Å²) in [5.41, 5.74) is -4.31. The molecule has 3 aliphatic rings. The second-order valence-electron chi connectivity index (χ2n) is 20.7. The van der Waals surface area contributed by atoms with Gasteiger partial charge in [-0.25, -0.2) is 17.9 Å². The first-order chi connectivity index (χ1) is 31.5. The average Bonchev–Trinajstić information content (AvgIpc) is 3.25. The number of hydrogen-bond acceptors (Lipinski definition) is 17. The number of nitrogens with one attached hydrogen (secondary N) is 2. The SMILES string of the molecule is CC[C@H]1OC(=O)[C@H](C)[C@@H](O[C@H]2C[C@@](C)(OC)[C@@H](O)[C@H](C)O2)[C@H](C)[C@@H](O[C@@H]2O[C@H](C)C[C@H](N(C)C)[C@H]2O)[C@](C)(O)C[C@@H](C)CN(CCCNC(=O)NS(=O)(=O)c2ccccc2C)[C@H](C)[C@@H](O)[C@]1(C)O. The maximum atomic E-state index is 14.5. The van der Waals surface area contributed by atoms with E-state index in [1.54, 1.807) is 73.6 Å². The van der Waals surface area contributed by atoms with Crippen LogP contribution in [0.1, 0.15) is 107 Å². The van der Waals surface area contributed by atoms with E-state index in [1.807, 2.05) is 37.7 Å². The molecule has 19 nitrogen and oxygen atoms in total. The first-order valence-electron chi connectivity index (χ1n) is 24.1. The van der Waals surface area contributed by atoms with Crippen LogP contribution in [0.4, 0.5) is 4.79 Å². The number of aryl methyl sites for hydroxylation is 1. The van der Waals surface area contributed by atoms with E-state index in [2.05, 4.69) is 10.0 Å². The molecule has 68 heavy (non-hydrogen) atoms. The van der Waals surface area contributed by atoms with Crippen molar-refractivity contribution in [3.63, 3.8) is 0 Å². The number of nitrogens with zero attached hydrogens (tertiary/aromatic N) is 2. The Hall–Kier alpha value is -2.57. The first kappa shape index (κ1) is 58.0. The van der Waals surface area contributed by atoms with Gasteiger partial charge in [0.25, 0.3) is 10.0 Å². The van der Waals surface area contributed by atoms with E-state index in [9.17, 15) is 43.5 Å². The molecule has 20 heteroatoms. The Morgan fingerprint density at radius 1 is 0.971 bits per heavy atom. The van der Waals surface area contributed by atoms with Gasteiger partial charge in [0.05, 0.1) is 46.4 Å². The van der Waals surface area contributed by atoms with Crippen LogP contribution >= 0.6 is 0 Å². The highest BCUT2D eigenvalue weighted by atomic mass is 32.2. The van der Waals surface area contributed by atoms with E-state index in [-0.39, 0.29) is 68.3 Å². The van der Waals surface area contributed by atoms with Crippen molar-refractivity contribution in [1.82, 2.24) is 19.8 Å². The molecule has 0 aromatic heterocycles. The Kier molecular flexibility index (Phi) is 20.3. The molecule has 18 atom stereocenters. The zero-order chi connectivity index (χ0) is 51.3. The number of aliphatic hydroxyl groups excluding tert-OH is 3. The van der Waals surface area contributed by atoms with Gasteiger partial charge in [-0.2, -0.15) is 0 Å². The third kappa shape index (κ3) is 13.9. The third-order valence-corrected chi connectivity index (χ3v) is 16.0. The normalized spacial score (nSPS) is 40.8. The second-order valence-corrected chi connectivity index (χ2v) is 22.4. The van der Waals surface area contributed by atoms with Crippen molar-refractivity contribution >= 4 is 22.0 Å². The number of ether oxygens (including phenoxy) is 6. The number of rotatable bonds is 13. The van der Waals surface area contributed by atoms with Crippen LogP contribution in [0.5, 0.6) is 0 Å². The number of urea groups is 1. The smallest absolute Gasteiger partial charge is 0.328 e. The van der Waals surface area contributed by atoms with Crippen molar-refractivity contribution in [2.24, 2.45) is 17.8 Å². The lowest BCUT2D eigenvalue weighted by molar-refractivity contribution is -0.318. The van der Waals surface area contributed by atoms with E-state index in [4.69, 9.17) is 28.4 Å². The monoisotopic (exact) mass is 989 g/mol. The van der Waals surface area contributed by atoms with Crippen molar-refractivity contribution in [3.8, 4) is 0 Å². The molecule has 0 saturated carbocycles. The van der Waals surface area contributed by atoms with Crippen molar-refractivity contribution < 1.29 is 72.0 Å². The minimum absolute atomic E-state index is 0.0231. The van der Waals surface area contributed by atoms with Crippen LogP contribution in [0.2, 0.25) is 0 Å². The molecule has 0 spiro atoms. The highest BCUT2D eigenvalue weighted by Gasteiger charge is 2.53. The van der Waals surface area contributed by atoms with Gasteiger partial charge < -0.3 is 64.2 Å². The average molecular weight is 989 g/mol. The van der Waals surface area contributed by atoms with Crippen LogP contribution in [0, 0.1) is 24.7 Å². The number of cyclic esters (lactones) is 1. The van der Waals surface area contributed by atoms with Crippen molar-refractivity contribution in [3.05, 3.63) is 29.8 Å².